The number of hydrogen-bond donors (Lipinski definition) is 2. The second-order valence-electron chi connectivity index (χ2n) is 5.43. The summed E-state index contributed by atoms with van der Waals surface area (Å²) < 4.78 is 10.7. The van der Waals surface area contributed by atoms with Crippen molar-refractivity contribution in [2.45, 2.75) is 39.2 Å². The van der Waals surface area contributed by atoms with Gasteiger partial charge in [0.1, 0.15) is 0 Å². The molecule has 0 aromatic carbocycles. The van der Waals surface area contributed by atoms with Crippen molar-refractivity contribution >= 4 is 5.91 Å². The number of carbonyl (C=O) groups is 1. The van der Waals surface area contributed by atoms with E-state index in [2.05, 4.69) is 24.5 Å². The third-order valence-electron chi connectivity index (χ3n) is 3.13. The van der Waals surface area contributed by atoms with E-state index in [1.54, 1.807) is 0 Å². The molecule has 0 atom stereocenters. The third-order valence-corrected chi connectivity index (χ3v) is 3.13. The fourth-order valence-corrected chi connectivity index (χ4v) is 1.89. The van der Waals surface area contributed by atoms with Crippen molar-refractivity contribution in [2.75, 3.05) is 39.5 Å². The highest BCUT2D eigenvalue weighted by Crippen LogP contribution is 2.05. The topological polar surface area (TPSA) is 59.6 Å². The summed E-state index contributed by atoms with van der Waals surface area (Å²) in [5.41, 5.74) is 0. The lowest BCUT2D eigenvalue weighted by Gasteiger charge is -2.23. The number of ether oxygens (including phenoxy) is 2. The van der Waals surface area contributed by atoms with Crippen LogP contribution in [0, 0.1) is 5.92 Å². The second kappa shape index (κ2) is 10.2. The zero-order valence-electron chi connectivity index (χ0n) is 12.2. The van der Waals surface area contributed by atoms with Gasteiger partial charge in [-0.15, -0.1) is 0 Å². The summed E-state index contributed by atoms with van der Waals surface area (Å²) >= 11 is 0. The average molecular weight is 272 g/mol. The summed E-state index contributed by atoms with van der Waals surface area (Å²) in [6.45, 7) is 8.42. The van der Waals surface area contributed by atoms with Gasteiger partial charge in [0.25, 0.3) is 0 Å². The van der Waals surface area contributed by atoms with Crippen LogP contribution < -0.4 is 10.6 Å². The summed E-state index contributed by atoms with van der Waals surface area (Å²) in [5, 5.41) is 6.11. The lowest BCUT2D eigenvalue weighted by Crippen LogP contribution is -2.43. The van der Waals surface area contributed by atoms with Gasteiger partial charge in [-0.2, -0.15) is 0 Å². The molecule has 2 N–H and O–H groups in total. The first-order valence-corrected chi connectivity index (χ1v) is 7.34. The molecule has 1 aliphatic rings. The zero-order valence-corrected chi connectivity index (χ0v) is 12.2. The van der Waals surface area contributed by atoms with Crippen molar-refractivity contribution in [3.8, 4) is 0 Å². The van der Waals surface area contributed by atoms with Gasteiger partial charge < -0.3 is 20.1 Å². The first-order valence-electron chi connectivity index (χ1n) is 7.34. The van der Waals surface area contributed by atoms with E-state index in [1.807, 2.05) is 0 Å². The molecule has 1 saturated heterocycles. The van der Waals surface area contributed by atoms with Crippen LogP contribution in [0.2, 0.25) is 0 Å². The predicted molar refractivity (Wildman–Crippen MR) is 75.1 cm³/mol. The molecule has 0 aliphatic carbocycles. The minimum absolute atomic E-state index is 0.0640. The molecule has 1 aliphatic heterocycles. The SMILES string of the molecule is CC(C)CCOCCNCC(=O)NC1CCOCC1. The molecule has 5 heteroatoms. The highest BCUT2D eigenvalue weighted by atomic mass is 16.5. The molecule has 19 heavy (non-hydrogen) atoms. The standard InChI is InChI=1S/C14H28N2O3/c1-12(2)3-7-19-10-6-15-11-14(17)16-13-4-8-18-9-5-13/h12-13,15H,3-11H2,1-2H3,(H,16,17). The molecule has 1 heterocycles. The van der Waals surface area contributed by atoms with Gasteiger partial charge in [-0.1, -0.05) is 13.8 Å². The second-order valence-corrected chi connectivity index (χ2v) is 5.43. The number of amides is 1. The molecule has 0 unspecified atom stereocenters. The smallest absolute Gasteiger partial charge is 0.234 e. The van der Waals surface area contributed by atoms with E-state index >= 15 is 0 Å². The molecule has 0 saturated carbocycles. The molecular weight excluding hydrogens is 244 g/mol. The maximum absolute atomic E-state index is 11.6. The first-order chi connectivity index (χ1) is 9.18. The Bertz CT molecular complexity index is 241. The Kier molecular flexibility index (Phi) is 8.79. The van der Waals surface area contributed by atoms with Gasteiger partial charge in [-0.05, 0) is 25.2 Å². The maximum atomic E-state index is 11.6. The van der Waals surface area contributed by atoms with E-state index in [4.69, 9.17) is 9.47 Å². The molecule has 0 bridgehead atoms. The van der Waals surface area contributed by atoms with Gasteiger partial charge in [0.05, 0.1) is 13.2 Å². The first kappa shape index (κ1) is 16.4. The van der Waals surface area contributed by atoms with Crippen molar-refractivity contribution in [3.63, 3.8) is 0 Å². The summed E-state index contributed by atoms with van der Waals surface area (Å²) in [6, 6.07) is 0.283. The third kappa shape index (κ3) is 8.97. The highest BCUT2D eigenvalue weighted by Gasteiger charge is 2.15. The van der Waals surface area contributed by atoms with Crippen LogP contribution in [0.25, 0.3) is 0 Å². The number of nitrogens with one attached hydrogen (secondary N) is 2. The van der Waals surface area contributed by atoms with Gasteiger partial charge in [-0.3, -0.25) is 4.79 Å². The van der Waals surface area contributed by atoms with E-state index in [0.29, 0.717) is 19.1 Å². The van der Waals surface area contributed by atoms with Crippen LogP contribution in [0.1, 0.15) is 33.1 Å². The van der Waals surface area contributed by atoms with Crippen molar-refractivity contribution in [2.24, 2.45) is 5.92 Å². The molecule has 112 valence electrons. The monoisotopic (exact) mass is 272 g/mol. The Morgan fingerprint density at radius 1 is 1.32 bits per heavy atom. The quantitative estimate of drug-likeness (QED) is 0.613. The number of rotatable bonds is 9. The van der Waals surface area contributed by atoms with E-state index in [0.717, 1.165) is 45.6 Å². The van der Waals surface area contributed by atoms with Crippen LogP contribution in [-0.4, -0.2) is 51.5 Å². The van der Waals surface area contributed by atoms with Gasteiger partial charge in [0.2, 0.25) is 5.91 Å². The summed E-state index contributed by atoms with van der Waals surface area (Å²) in [4.78, 5) is 11.6. The fraction of sp³-hybridized carbons (Fsp3) is 0.929. The lowest BCUT2D eigenvalue weighted by atomic mass is 10.1. The van der Waals surface area contributed by atoms with E-state index in [9.17, 15) is 4.79 Å². The summed E-state index contributed by atoms with van der Waals surface area (Å²) in [7, 11) is 0. The van der Waals surface area contributed by atoms with Gasteiger partial charge in [0, 0.05) is 32.4 Å². The van der Waals surface area contributed by atoms with Crippen molar-refractivity contribution < 1.29 is 14.3 Å². The normalized spacial score (nSPS) is 16.8. The fourth-order valence-electron chi connectivity index (χ4n) is 1.89. The van der Waals surface area contributed by atoms with Crippen LogP contribution in [0.15, 0.2) is 0 Å². The lowest BCUT2D eigenvalue weighted by molar-refractivity contribution is -0.121. The van der Waals surface area contributed by atoms with Gasteiger partial charge in [-0.25, -0.2) is 0 Å². The minimum Gasteiger partial charge on any atom is -0.381 e. The summed E-state index contributed by atoms with van der Waals surface area (Å²) in [5.74, 6) is 0.743. The maximum Gasteiger partial charge on any atom is 0.234 e. The summed E-state index contributed by atoms with van der Waals surface area (Å²) in [6.07, 6.45) is 2.93. The Balaban J connectivity index is 1.89. The van der Waals surface area contributed by atoms with E-state index < -0.39 is 0 Å². The van der Waals surface area contributed by atoms with E-state index in [1.165, 1.54) is 0 Å². The van der Waals surface area contributed by atoms with Crippen molar-refractivity contribution in [1.82, 2.24) is 10.6 Å². The molecule has 0 radical (unpaired) electrons. The van der Waals surface area contributed by atoms with Crippen molar-refractivity contribution in [3.05, 3.63) is 0 Å². The largest absolute Gasteiger partial charge is 0.381 e. The van der Waals surface area contributed by atoms with Crippen LogP contribution in [0.3, 0.4) is 0 Å². The van der Waals surface area contributed by atoms with Crippen molar-refractivity contribution in [1.29, 1.82) is 0 Å². The highest BCUT2D eigenvalue weighted by molar-refractivity contribution is 5.78. The Morgan fingerprint density at radius 2 is 2.05 bits per heavy atom. The average Bonchev–Trinajstić information content (AvgIpc) is 2.38. The van der Waals surface area contributed by atoms with Crippen LogP contribution in [-0.2, 0) is 14.3 Å². The zero-order chi connectivity index (χ0) is 13.9. The Labute approximate surface area is 116 Å². The molecule has 0 aromatic rings. The molecule has 1 rings (SSSR count). The Hall–Kier alpha value is -0.650. The molecule has 0 spiro atoms. The molecule has 1 amide bonds. The molecular formula is C14H28N2O3. The van der Waals surface area contributed by atoms with Gasteiger partial charge >= 0.3 is 0 Å². The van der Waals surface area contributed by atoms with E-state index in [-0.39, 0.29) is 11.9 Å². The van der Waals surface area contributed by atoms with Gasteiger partial charge in [0.15, 0.2) is 0 Å². The van der Waals surface area contributed by atoms with Crippen LogP contribution in [0.5, 0.6) is 0 Å². The molecule has 5 nitrogen and oxygen atoms in total. The molecule has 0 aromatic heterocycles. The molecule has 1 fully saturated rings. The Morgan fingerprint density at radius 3 is 2.74 bits per heavy atom. The van der Waals surface area contributed by atoms with Crippen LogP contribution in [0.4, 0.5) is 0 Å². The minimum atomic E-state index is 0.0640. The van der Waals surface area contributed by atoms with Crippen LogP contribution >= 0.6 is 0 Å². The number of carbonyl (C=O) groups excluding carboxylic acids is 1. The predicted octanol–water partition coefficient (Wildman–Crippen LogP) is 0.934. The number of hydrogen-bond acceptors (Lipinski definition) is 4.